The normalized spacial score (nSPS) is 16.6. The lowest BCUT2D eigenvalue weighted by molar-refractivity contribution is 0.0793. The monoisotopic (exact) mass is 377 g/mol. The van der Waals surface area contributed by atoms with Crippen molar-refractivity contribution >= 4 is 0 Å². The van der Waals surface area contributed by atoms with E-state index >= 15 is 0 Å². The zero-order valence-electron chi connectivity index (χ0n) is 16.5. The van der Waals surface area contributed by atoms with Crippen LogP contribution in [0.2, 0.25) is 0 Å². The molecule has 28 heavy (non-hydrogen) atoms. The molecule has 2 aromatic carbocycles. The molecule has 3 aromatic rings. The Morgan fingerprint density at radius 3 is 2.79 bits per heavy atom. The molecule has 0 spiro atoms. The molecule has 2 heterocycles. The van der Waals surface area contributed by atoms with Crippen LogP contribution in [0.4, 0.5) is 0 Å². The highest BCUT2D eigenvalue weighted by molar-refractivity contribution is 5.65. The predicted molar refractivity (Wildman–Crippen MR) is 111 cm³/mol. The van der Waals surface area contributed by atoms with Gasteiger partial charge in [0.05, 0.1) is 24.6 Å². The molecule has 0 saturated carbocycles. The van der Waals surface area contributed by atoms with Crippen LogP contribution in [0.25, 0.3) is 16.9 Å². The third-order valence-electron chi connectivity index (χ3n) is 5.13. The average molecular weight is 377 g/mol. The molecule has 1 saturated heterocycles. The lowest BCUT2D eigenvalue weighted by atomic mass is 10.1. The number of ether oxygens (including phenoxy) is 2. The summed E-state index contributed by atoms with van der Waals surface area (Å²) in [6.07, 6.45) is 4.79. The van der Waals surface area contributed by atoms with E-state index < -0.39 is 0 Å². The number of hydrogen-bond acceptors (Lipinski definition) is 4. The van der Waals surface area contributed by atoms with Crippen LogP contribution in [0.5, 0.6) is 5.75 Å². The van der Waals surface area contributed by atoms with Crippen LogP contribution in [0.15, 0.2) is 60.8 Å². The number of rotatable bonds is 7. The molecule has 0 radical (unpaired) electrons. The van der Waals surface area contributed by atoms with Gasteiger partial charge in [-0.05, 0) is 44.2 Å². The van der Waals surface area contributed by atoms with E-state index in [2.05, 4.69) is 36.3 Å². The summed E-state index contributed by atoms with van der Waals surface area (Å²) in [4.78, 5) is 2.33. The van der Waals surface area contributed by atoms with Crippen LogP contribution < -0.4 is 4.74 Å². The van der Waals surface area contributed by atoms with Gasteiger partial charge in [0.1, 0.15) is 5.75 Å². The molecule has 0 amide bonds. The molecule has 1 unspecified atom stereocenters. The molecular weight excluding hydrogens is 350 g/mol. The Balaban J connectivity index is 1.65. The Hall–Kier alpha value is -2.63. The summed E-state index contributed by atoms with van der Waals surface area (Å²) in [6, 6.07) is 18.3. The fourth-order valence-electron chi connectivity index (χ4n) is 3.74. The van der Waals surface area contributed by atoms with Gasteiger partial charge >= 0.3 is 0 Å². The summed E-state index contributed by atoms with van der Waals surface area (Å²) in [6.45, 7) is 2.65. The summed E-state index contributed by atoms with van der Waals surface area (Å²) in [5.74, 6) is 0.838. The first-order chi connectivity index (χ1) is 13.7. The second-order valence-electron chi connectivity index (χ2n) is 7.35. The first kappa shape index (κ1) is 18.7. The van der Waals surface area contributed by atoms with E-state index in [9.17, 15) is 0 Å². The number of nitrogens with zero attached hydrogens (tertiary/aromatic N) is 3. The molecule has 0 N–H and O–H groups in total. The molecule has 0 aliphatic carbocycles. The van der Waals surface area contributed by atoms with Crippen molar-refractivity contribution in [2.24, 2.45) is 0 Å². The summed E-state index contributed by atoms with van der Waals surface area (Å²) in [5, 5.41) is 4.91. The van der Waals surface area contributed by atoms with Crippen LogP contribution in [-0.2, 0) is 11.3 Å². The standard InChI is InChI=1S/C23H27N3O2/c1-25(17-22-12-7-13-28-22)15-19-16-26(20-9-4-3-5-10-20)24-23(19)18-8-6-11-21(14-18)27-2/h3-6,8-11,14,16,22H,7,12-13,15,17H2,1-2H3. The topological polar surface area (TPSA) is 39.5 Å². The molecule has 5 heteroatoms. The molecule has 0 bridgehead atoms. The Morgan fingerprint density at radius 1 is 1.18 bits per heavy atom. The van der Waals surface area contributed by atoms with Gasteiger partial charge in [-0.15, -0.1) is 0 Å². The quantitative estimate of drug-likeness (QED) is 0.620. The largest absolute Gasteiger partial charge is 0.497 e. The van der Waals surface area contributed by atoms with Gasteiger partial charge < -0.3 is 9.47 Å². The Labute approximate surface area is 166 Å². The second kappa shape index (κ2) is 8.59. The lowest BCUT2D eigenvalue weighted by Gasteiger charge is -2.20. The van der Waals surface area contributed by atoms with Crippen LogP contribution in [0.3, 0.4) is 0 Å². The van der Waals surface area contributed by atoms with Gasteiger partial charge in [-0.3, -0.25) is 4.90 Å². The molecule has 1 atom stereocenters. The van der Waals surface area contributed by atoms with Crippen molar-refractivity contribution in [1.29, 1.82) is 0 Å². The zero-order chi connectivity index (χ0) is 19.3. The van der Waals surface area contributed by atoms with Gasteiger partial charge in [0.25, 0.3) is 0 Å². The summed E-state index contributed by atoms with van der Waals surface area (Å²) >= 11 is 0. The fourth-order valence-corrected chi connectivity index (χ4v) is 3.74. The number of benzene rings is 2. The van der Waals surface area contributed by atoms with E-state index in [4.69, 9.17) is 14.6 Å². The third kappa shape index (κ3) is 4.26. The van der Waals surface area contributed by atoms with E-state index in [-0.39, 0.29) is 0 Å². The first-order valence-electron chi connectivity index (χ1n) is 9.81. The third-order valence-corrected chi connectivity index (χ3v) is 5.13. The van der Waals surface area contributed by atoms with Crippen molar-refractivity contribution in [3.05, 3.63) is 66.4 Å². The van der Waals surface area contributed by atoms with Gasteiger partial charge in [0.15, 0.2) is 0 Å². The molecular formula is C23H27N3O2. The van der Waals surface area contributed by atoms with Crippen molar-refractivity contribution in [2.75, 3.05) is 27.3 Å². The Bertz CT molecular complexity index is 901. The lowest BCUT2D eigenvalue weighted by Crippen LogP contribution is -2.28. The van der Waals surface area contributed by atoms with E-state index in [0.717, 1.165) is 48.8 Å². The number of aromatic nitrogens is 2. The fraction of sp³-hybridized carbons (Fsp3) is 0.348. The molecule has 146 valence electrons. The van der Waals surface area contributed by atoms with Crippen molar-refractivity contribution < 1.29 is 9.47 Å². The van der Waals surface area contributed by atoms with E-state index in [1.165, 1.54) is 12.0 Å². The maximum Gasteiger partial charge on any atom is 0.119 e. The minimum Gasteiger partial charge on any atom is -0.497 e. The average Bonchev–Trinajstić information content (AvgIpc) is 3.39. The Morgan fingerprint density at radius 2 is 2.04 bits per heavy atom. The molecule has 1 aliphatic heterocycles. The zero-order valence-corrected chi connectivity index (χ0v) is 16.5. The van der Waals surface area contributed by atoms with Gasteiger partial charge in [-0.25, -0.2) is 4.68 Å². The van der Waals surface area contributed by atoms with Gasteiger partial charge in [-0.1, -0.05) is 30.3 Å². The molecule has 4 rings (SSSR count). The van der Waals surface area contributed by atoms with Crippen molar-refractivity contribution in [3.8, 4) is 22.7 Å². The minimum atomic E-state index is 0.342. The number of likely N-dealkylation sites (N-methyl/N-ethyl adjacent to an activating group) is 1. The van der Waals surface area contributed by atoms with Gasteiger partial charge in [0, 0.05) is 37.0 Å². The van der Waals surface area contributed by atoms with Gasteiger partial charge in [0.2, 0.25) is 0 Å². The van der Waals surface area contributed by atoms with Crippen molar-refractivity contribution in [3.63, 3.8) is 0 Å². The predicted octanol–water partition coefficient (Wildman–Crippen LogP) is 4.16. The highest BCUT2D eigenvalue weighted by atomic mass is 16.5. The maximum atomic E-state index is 5.80. The SMILES string of the molecule is COc1cccc(-c2nn(-c3ccccc3)cc2CN(C)CC2CCCO2)c1. The van der Waals surface area contributed by atoms with Crippen molar-refractivity contribution in [2.45, 2.75) is 25.5 Å². The highest BCUT2D eigenvalue weighted by Gasteiger charge is 2.20. The highest BCUT2D eigenvalue weighted by Crippen LogP contribution is 2.28. The molecule has 1 aliphatic rings. The van der Waals surface area contributed by atoms with Crippen LogP contribution in [0, 0.1) is 0 Å². The van der Waals surface area contributed by atoms with Gasteiger partial charge in [-0.2, -0.15) is 5.10 Å². The van der Waals surface area contributed by atoms with Crippen molar-refractivity contribution in [1.82, 2.24) is 14.7 Å². The first-order valence-corrected chi connectivity index (χ1v) is 9.81. The van der Waals surface area contributed by atoms with Crippen LogP contribution in [-0.4, -0.2) is 48.1 Å². The molecule has 1 fully saturated rings. The van der Waals surface area contributed by atoms with E-state index in [0.29, 0.717) is 6.10 Å². The number of methoxy groups -OCH3 is 1. The maximum absolute atomic E-state index is 5.80. The minimum absolute atomic E-state index is 0.342. The second-order valence-corrected chi connectivity index (χ2v) is 7.35. The summed E-state index contributed by atoms with van der Waals surface area (Å²) in [7, 11) is 3.84. The molecule has 5 nitrogen and oxygen atoms in total. The summed E-state index contributed by atoms with van der Waals surface area (Å²) in [5.41, 5.74) is 4.30. The van der Waals surface area contributed by atoms with E-state index in [1.807, 2.05) is 41.1 Å². The Kier molecular flexibility index (Phi) is 5.74. The molecule has 1 aromatic heterocycles. The smallest absolute Gasteiger partial charge is 0.119 e. The summed E-state index contributed by atoms with van der Waals surface area (Å²) < 4.78 is 13.2. The number of para-hydroxylation sites is 1. The number of hydrogen-bond donors (Lipinski definition) is 0. The van der Waals surface area contributed by atoms with Crippen LogP contribution >= 0.6 is 0 Å². The van der Waals surface area contributed by atoms with Crippen LogP contribution in [0.1, 0.15) is 18.4 Å². The van der Waals surface area contributed by atoms with E-state index in [1.54, 1.807) is 7.11 Å².